The SMILES string of the molecule is CC(C)(C)c1cc(NC(=O)C(=O)NC[C@H](O)c2cccc(F)c2)no1. The van der Waals surface area contributed by atoms with E-state index >= 15 is 0 Å². The molecule has 0 saturated carbocycles. The number of nitrogens with one attached hydrogen (secondary N) is 2. The zero-order valence-electron chi connectivity index (χ0n) is 14.2. The van der Waals surface area contributed by atoms with Crippen LogP contribution in [0.25, 0.3) is 0 Å². The van der Waals surface area contributed by atoms with Gasteiger partial charge in [-0.1, -0.05) is 38.1 Å². The van der Waals surface area contributed by atoms with Crippen LogP contribution in [0.3, 0.4) is 0 Å². The van der Waals surface area contributed by atoms with Crippen molar-refractivity contribution < 1.29 is 23.6 Å². The van der Waals surface area contributed by atoms with Crippen LogP contribution in [-0.4, -0.2) is 28.6 Å². The molecule has 0 aliphatic carbocycles. The number of benzene rings is 1. The predicted molar refractivity (Wildman–Crippen MR) is 88.2 cm³/mol. The highest BCUT2D eigenvalue weighted by Gasteiger charge is 2.22. The van der Waals surface area contributed by atoms with E-state index in [1.807, 2.05) is 20.8 Å². The highest BCUT2D eigenvalue weighted by atomic mass is 19.1. The van der Waals surface area contributed by atoms with E-state index in [0.717, 1.165) is 6.07 Å². The minimum Gasteiger partial charge on any atom is -0.387 e. The number of carbonyl (C=O) groups is 2. The number of hydrogen-bond acceptors (Lipinski definition) is 5. The quantitative estimate of drug-likeness (QED) is 0.731. The maximum atomic E-state index is 13.1. The van der Waals surface area contributed by atoms with Gasteiger partial charge in [0.15, 0.2) is 5.82 Å². The van der Waals surface area contributed by atoms with Crippen molar-refractivity contribution in [3.63, 3.8) is 0 Å². The Kier molecular flexibility index (Phi) is 5.53. The first-order valence-corrected chi connectivity index (χ1v) is 7.66. The highest BCUT2D eigenvalue weighted by Crippen LogP contribution is 2.24. The molecule has 2 aromatic rings. The number of amides is 2. The molecule has 0 saturated heterocycles. The maximum absolute atomic E-state index is 13.1. The van der Waals surface area contributed by atoms with Crippen molar-refractivity contribution in [2.45, 2.75) is 32.3 Å². The van der Waals surface area contributed by atoms with Gasteiger partial charge < -0.3 is 14.9 Å². The lowest BCUT2D eigenvalue weighted by molar-refractivity contribution is -0.136. The summed E-state index contributed by atoms with van der Waals surface area (Å²) >= 11 is 0. The molecule has 1 aromatic carbocycles. The van der Waals surface area contributed by atoms with E-state index in [2.05, 4.69) is 15.8 Å². The second-order valence-corrected chi connectivity index (χ2v) is 6.56. The van der Waals surface area contributed by atoms with Crippen LogP contribution in [-0.2, 0) is 15.0 Å². The highest BCUT2D eigenvalue weighted by molar-refractivity contribution is 6.39. The molecular formula is C17H20FN3O4. The van der Waals surface area contributed by atoms with Crippen molar-refractivity contribution in [2.24, 2.45) is 0 Å². The summed E-state index contributed by atoms with van der Waals surface area (Å²) in [5, 5.41) is 18.2. The fourth-order valence-electron chi connectivity index (χ4n) is 1.96. The lowest BCUT2D eigenvalue weighted by Gasteiger charge is -2.12. The summed E-state index contributed by atoms with van der Waals surface area (Å²) in [5.74, 6) is -1.71. The van der Waals surface area contributed by atoms with E-state index in [-0.39, 0.29) is 17.8 Å². The standard InChI is InChI=1S/C17H20FN3O4/c1-17(2,3)13-8-14(21-25-13)20-16(24)15(23)19-9-12(22)10-5-4-6-11(18)7-10/h4-8,12,22H,9H2,1-3H3,(H,19,23)(H,20,21,24)/t12-/m0/s1. The lowest BCUT2D eigenvalue weighted by atomic mass is 9.93. The van der Waals surface area contributed by atoms with Crippen molar-refractivity contribution in [1.29, 1.82) is 0 Å². The second kappa shape index (κ2) is 7.43. The Balaban J connectivity index is 1.88. The molecule has 25 heavy (non-hydrogen) atoms. The first-order chi connectivity index (χ1) is 11.7. The topological polar surface area (TPSA) is 104 Å². The molecule has 2 rings (SSSR count). The number of halogens is 1. The summed E-state index contributed by atoms with van der Waals surface area (Å²) in [6.45, 7) is 5.51. The molecule has 2 amide bonds. The molecule has 7 nitrogen and oxygen atoms in total. The van der Waals surface area contributed by atoms with Gasteiger partial charge in [0.25, 0.3) is 0 Å². The van der Waals surface area contributed by atoms with E-state index in [9.17, 15) is 19.1 Å². The van der Waals surface area contributed by atoms with Crippen molar-refractivity contribution >= 4 is 17.6 Å². The molecule has 0 aliphatic rings. The van der Waals surface area contributed by atoms with Crippen molar-refractivity contribution in [3.05, 3.63) is 47.5 Å². The number of nitrogens with zero attached hydrogens (tertiary/aromatic N) is 1. The molecule has 0 radical (unpaired) electrons. The maximum Gasteiger partial charge on any atom is 0.314 e. The van der Waals surface area contributed by atoms with Crippen LogP contribution in [0.1, 0.15) is 38.2 Å². The number of aromatic nitrogens is 1. The van der Waals surface area contributed by atoms with Gasteiger partial charge in [0.05, 0.1) is 6.10 Å². The molecule has 1 aromatic heterocycles. The van der Waals surface area contributed by atoms with E-state index in [4.69, 9.17) is 4.52 Å². The van der Waals surface area contributed by atoms with Gasteiger partial charge in [-0.25, -0.2) is 4.39 Å². The smallest absolute Gasteiger partial charge is 0.314 e. The number of carbonyl (C=O) groups excluding carboxylic acids is 2. The van der Waals surface area contributed by atoms with Gasteiger partial charge in [-0.2, -0.15) is 0 Å². The van der Waals surface area contributed by atoms with Crippen LogP contribution in [0.5, 0.6) is 0 Å². The molecule has 0 aliphatic heterocycles. The molecule has 134 valence electrons. The van der Waals surface area contributed by atoms with Gasteiger partial charge in [0, 0.05) is 18.0 Å². The average molecular weight is 349 g/mol. The summed E-state index contributed by atoms with van der Waals surface area (Å²) in [6, 6.07) is 6.89. The number of aliphatic hydroxyl groups excluding tert-OH is 1. The first-order valence-electron chi connectivity index (χ1n) is 7.66. The molecule has 8 heteroatoms. The largest absolute Gasteiger partial charge is 0.387 e. The summed E-state index contributed by atoms with van der Waals surface area (Å²) in [4.78, 5) is 23.6. The summed E-state index contributed by atoms with van der Waals surface area (Å²) in [5.41, 5.74) is 0.0138. The average Bonchev–Trinajstić information content (AvgIpc) is 3.01. The van der Waals surface area contributed by atoms with E-state index in [1.165, 1.54) is 24.3 Å². The van der Waals surface area contributed by atoms with E-state index in [0.29, 0.717) is 11.3 Å². The number of aliphatic hydroxyl groups is 1. The van der Waals surface area contributed by atoms with Crippen LogP contribution >= 0.6 is 0 Å². The number of rotatable bonds is 4. The molecule has 0 fully saturated rings. The fourth-order valence-corrected chi connectivity index (χ4v) is 1.96. The molecule has 0 bridgehead atoms. The van der Waals surface area contributed by atoms with Gasteiger partial charge in [-0.05, 0) is 17.7 Å². The molecule has 0 spiro atoms. The van der Waals surface area contributed by atoms with Crippen LogP contribution in [0.15, 0.2) is 34.9 Å². The Hall–Kier alpha value is -2.74. The van der Waals surface area contributed by atoms with Crippen LogP contribution in [0.4, 0.5) is 10.2 Å². The molecule has 1 heterocycles. The Morgan fingerprint density at radius 2 is 2.00 bits per heavy atom. The fraction of sp³-hybridized carbons (Fsp3) is 0.353. The van der Waals surface area contributed by atoms with Gasteiger partial charge in [0.2, 0.25) is 0 Å². The van der Waals surface area contributed by atoms with Crippen molar-refractivity contribution in [2.75, 3.05) is 11.9 Å². The second-order valence-electron chi connectivity index (χ2n) is 6.56. The summed E-state index contributed by atoms with van der Waals surface area (Å²) < 4.78 is 18.2. The van der Waals surface area contributed by atoms with Crippen molar-refractivity contribution in [1.82, 2.24) is 10.5 Å². The minimum atomic E-state index is -1.13. The Morgan fingerprint density at radius 3 is 2.60 bits per heavy atom. The zero-order valence-corrected chi connectivity index (χ0v) is 14.2. The van der Waals surface area contributed by atoms with E-state index in [1.54, 1.807) is 0 Å². The van der Waals surface area contributed by atoms with Gasteiger partial charge >= 0.3 is 11.8 Å². The Morgan fingerprint density at radius 1 is 1.28 bits per heavy atom. The number of anilines is 1. The monoisotopic (exact) mass is 349 g/mol. The first kappa shape index (κ1) is 18.6. The Bertz CT molecular complexity index is 767. The molecule has 1 atom stereocenters. The minimum absolute atomic E-state index is 0.121. The third kappa shape index (κ3) is 5.12. The normalized spacial score (nSPS) is 12.5. The third-order valence-corrected chi connectivity index (χ3v) is 3.39. The van der Waals surface area contributed by atoms with Gasteiger partial charge in [-0.3, -0.25) is 14.9 Å². The van der Waals surface area contributed by atoms with Gasteiger partial charge in [0.1, 0.15) is 11.6 Å². The van der Waals surface area contributed by atoms with E-state index < -0.39 is 23.7 Å². The van der Waals surface area contributed by atoms with Crippen LogP contribution < -0.4 is 10.6 Å². The third-order valence-electron chi connectivity index (χ3n) is 3.39. The molecule has 3 N–H and O–H groups in total. The van der Waals surface area contributed by atoms with Crippen LogP contribution in [0, 0.1) is 5.82 Å². The van der Waals surface area contributed by atoms with Crippen molar-refractivity contribution in [3.8, 4) is 0 Å². The summed E-state index contributed by atoms with van der Waals surface area (Å²) in [7, 11) is 0. The van der Waals surface area contributed by atoms with Crippen LogP contribution in [0.2, 0.25) is 0 Å². The Labute approximate surface area is 144 Å². The summed E-state index contributed by atoms with van der Waals surface area (Å²) in [6.07, 6.45) is -1.13. The molecule has 0 unspecified atom stereocenters. The lowest BCUT2D eigenvalue weighted by Crippen LogP contribution is -2.37. The zero-order chi connectivity index (χ0) is 18.6. The number of hydrogen-bond donors (Lipinski definition) is 3. The van der Waals surface area contributed by atoms with Gasteiger partial charge in [-0.15, -0.1) is 0 Å². The predicted octanol–water partition coefficient (Wildman–Crippen LogP) is 1.90. The molecular weight excluding hydrogens is 329 g/mol.